The molecule has 0 spiro atoms. The second-order valence-electron chi connectivity index (χ2n) is 8.14. The maximum absolute atomic E-state index is 12.7. The van der Waals surface area contributed by atoms with Crippen molar-refractivity contribution in [2.45, 2.75) is 12.5 Å². The van der Waals surface area contributed by atoms with Crippen LogP contribution in [0, 0.1) is 0 Å². The molecule has 0 saturated heterocycles. The number of aromatic hydroxyl groups is 1. The molecule has 0 saturated carbocycles. The fourth-order valence-electron chi connectivity index (χ4n) is 3.92. The summed E-state index contributed by atoms with van der Waals surface area (Å²) in [6.07, 6.45) is 6.71. The van der Waals surface area contributed by atoms with Crippen LogP contribution in [-0.2, 0) is 11.2 Å². The Balaban J connectivity index is 1.47. The number of aromatic amines is 3. The third-order valence-corrected chi connectivity index (χ3v) is 5.90. The molecule has 1 unspecified atom stereocenters. The van der Waals surface area contributed by atoms with Gasteiger partial charge in [-0.15, -0.1) is 0 Å². The Morgan fingerprint density at radius 2 is 1.97 bits per heavy atom. The predicted molar refractivity (Wildman–Crippen MR) is 137 cm³/mol. The molecular formula is C26H21ClN6O3. The number of pyridine rings is 1. The molecule has 3 aromatic heterocycles. The molecule has 1 amide bonds. The highest BCUT2D eigenvalue weighted by Gasteiger charge is 2.21. The van der Waals surface area contributed by atoms with Crippen molar-refractivity contribution in [3.05, 3.63) is 106 Å². The number of benzene rings is 2. The van der Waals surface area contributed by atoms with Gasteiger partial charge in [0.25, 0.3) is 5.56 Å². The summed E-state index contributed by atoms with van der Waals surface area (Å²) in [5, 5.41) is 14.0. The Labute approximate surface area is 209 Å². The Hall–Kier alpha value is -4.63. The normalized spacial score (nSPS) is 12.2. The lowest BCUT2D eigenvalue weighted by Crippen LogP contribution is -2.29. The van der Waals surface area contributed by atoms with Crippen molar-refractivity contribution in [2.75, 3.05) is 0 Å². The molecule has 0 aliphatic heterocycles. The largest absolute Gasteiger partial charge is 0.507 e. The first-order valence-corrected chi connectivity index (χ1v) is 11.5. The number of imidazole rings is 2. The van der Waals surface area contributed by atoms with Crippen LogP contribution < -0.4 is 10.9 Å². The number of nitrogens with one attached hydrogen (secondary N) is 4. The van der Waals surface area contributed by atoms with Gasteiger partial charge in [0, 0.05) is 29.3 Å². The lowest BCUT2D eigenvalue weighted by molar-refractivity contribution is -0.117. The number of hydrogen-bond acceptors (Lipinski definition) is 5. The van der Waals surface area contributed by atoms with Crippen LogP contribution in [0.5, 0.6) is 5.75 Å². The number of aromatic nitrogens is 5. The highest BCUT2D eigenvalue weighted by Crippen LogP contribution is 2.32. The molecular weight excluding hydrogens is 480 g/mol. The minimum atomic E-state index is -0.500. The molecule has 5 rings (SSSR count). The van der Waals surface area contributed by atoms with Crippen molar-refractivity contribution < 1.29 is 9.90 Å². The summed E-state index contributed by atoms with van der Waals surface area (Å²) in [7, 11) is 0. The van der Waals surface area contributed by atoms with Crippen molar-refractivity contribution in [2.24, 2.45) is 0 Å². The van der Waals surface area contributed by atoms with Crippen molar-refractivity contribution in [3.8, 4) is 17.0 Å². The zero-order chi connectivity index (χ0) is 25.1. The molecule has 3 heterocycles. The molecule has 36 heavy (non-hydrogen) atoms. The van der Waals surface area contributed by atoms with Crippen molar-refractivity contribution in [1.82, 2.24) is 30.2 Å². The second-order valence-corrected chi connectivity index (χ2v) is 8.52. The van der Waals surface area contributed by atoms with Crippen molar-refractivity contribution in [1.29, 1.82) is 0 Å². The van der Waals surface area contributed by atoms with E-state index in [0.717, 1.165) is 11.6 Å². The van der Waals surface area contributed by atoms with E-state index in [4.69, 9.17) is 16.6 Å². The van der Waals surface area contributed by atoms with Crippen LogP contribution in [0.15, 0.2) is 78.0 Å². The van der Waals surface area contributed by atoms with Gasteiger partial charge in [0.15, 0.2) is 0 Å². The Kier molecular flexibility index (Phi) is 6.38. The lowest BCUT2D eigenvalue weighted by atomic mass is 10.1. The van der Waals surface area contributed by atoms with E-state index in [1.807, 2.05) is 30.3 Å². The molecule has 2 aromatic carbocycles. The average molecular weight is 501 g/mol. The van der Waals surface area contributed by atoms with Gasteiger partial charge in [0.2, 0.25) is 5.91 Å². The van der Waals surface area contributed by atoms with E-state index in [9.17, 15) is 14.7 Å². The Morgan fingerprint density at radius 3 is 2.75 bits per heavy atom. The number of hydrogen-bond donors (Lipinski definition) is 5. The van der Waals surface area contributed by atoms with E-state index in [-0.39, 0.29) is 16.8 Å². The maximum atomic E-state index is 12.7. The van der Waals surface area contributed by atoms with E-state index in [0.29, 0.717) is 40.1 Å². The van der Waals surface area contributed by atoms with Gasteiger partial charge in [-0.05, 0) is 30.2 Å². The van der Waals surface area contributed by atoms with Crippen LogP contribution in [0.4, 0.5) is 0 Å². The predicted octanol–water partition coefficient (Wildman–Crippen LogP) is 4.11. The first kappa shape index (κ1) is 23.1. The Bertz CT molecular complexity index is 1610. The molecule has 0 radical (unpaired) electrons. The zero-order valence-electron chi connectivity index (χ0n) is 18.8. The maximum Gasteiger partial charge on any atom is 0.252 e. The molecule has 5 aromatic rings. The molecule has 1 atom stereocenters. The Morgan fingerprint density at radius 1 is 1.14 bits per heavy atom. The highest BCUT2D eigenvalue weighted by molar-refractivity contribution is 6.32. The van der Waals surface area contributed by atoms with Gasteiger partial charge in [-0.25, -0.2) is 9.97 Å². The average Bonchev–Trinajstić information content (AvgIpc) is 3.53. The van der Waals surface area contributed by atoms with E-state index < -0.39 is 11.6 Å². The molecule has 5 N–H and O–H groups in total. The van der Waals surface area contributed by atoms with Crippen molar-refractivity contribution >= 4 is 34.5 Å². The number of halogens is 1. The molecule has 0 fully saturated rings. The minimum absolute atomic E-state index is 0.139. The van der Waals surface area contributed by atoms with Gasteiger partial charge >= 0.3 is 0 Å². The monoisotopic (exact) mass is 500 g/mol. The summed E-state index contributed by atoms with van der Waals surface area (Å²) in [6.45, 7) is 0. The number of rotatable bonds is 7. The molecule has 0 bridgehead atoms. The van der Waals surface area contributed by atoms with Gasteiger partial charge in [-0.3, -0.25) is 9.59 Å². The van der Waals surface area contributed by atoms with Gasteiger partial charge in [0.05, 0.1) is 23.6 Å². The van der Waals surface area contributed by atoms with Gasteiger partial charge in [0.1, 0.15) is 22.4 Å². The summed E-state index contributed by atoms with van der Waals surface area (Å²) >= 11 is 6.53. The smallest absolute Gasteiger partial charge is 0.252 e. The standard InChI is InChI=1S/C26H21ClN6O3/c27-25-24(16-6-8-19-18(11-16)21(34)12-23(36)30-19)32-26(33-25)20(10-15-4-2-1-3-5-15)31-22(35)9-7-17-13-28-14-29-17/h1-9,11-14,20H,10H2,(H,28,29)(H,31,35)(H,32,33)(H2,30,34,36). The highest BCUT2D eigenvalue weighted by atomic mass is 35.5. The van der Waals surface area contributed by atoms with E-state index >= 15 is 0 Å². The van der Waals surface area contributed by atoms with Gasteiger partial charge < -0.3 is 25.4 Å². The van der Waals surface area contributed by atoms with Crippen molar-refractivity contribution in [3.63, 3.8) is 0 Å². The molecule has 0 aliphatic carbocycles. The summed E-state index contributed by atoms with van der Waals surface area (Å²) in [4.78, 5) is 41.7. The minimum Gasteiger partial charge on any atom is -0.507 e. The van der Waals surface area contributed by atoms with E-state index in [1.165, 1.54) is 12.4 Å². The quantitative estimate of drug-likeness (QED) is 0.214. The third kappa shape index (κ3) is 5.06. The van der Waals surface area contributed by atoms with Gasteiger partial charge in [-0.1, -0.05) is 48.0 Å². The summed E-state index contributed by atoms with van der Waals surface area (Å²) in [5.74, 6) is 0.0270. The first-order chi connectivity index (χ1) is 17.5. The van der Waals surface area contributed by atoms with Crippen LogP contribution in [0.2, 0.25) is 5.15 Å². The lowest BCUT2D eigenvalue weighted by Gasteiger charge is -2.16. The number of carbonyl (C=O) groups is 1. The van der Waals surface area contributed by atoms with E-state index in [1.54, 1.807) is 30.5 Å². The molecule has 180 valence electrons. The van der Waals surface area contributed by atoms with Crippen LogP contribution >= 0.6 is 11.6 Å². The second kappa shape index (κ2) is 9.93. The molecule has 0 aliphatic rings. The first-order valence-electron chi connectivity index (χ1n) is 11.1. The number of H-pyrrole nitrogens is 3. The van der Waals surface area contributed by atoms with Gasteiger partial charge in [-0.2, -0.15) is 0 Å². The fourth-order valence-corrected chi connectivity index (χ4v) is 4.17. The number of nitrogens with zero attached hydrogens (tertiary/aromatic N) is 2. The third-order valence-electron chi connectivity index (χ3n) is 5.63. The van der Waals surface area contributed by atoms with Crippen LogP contribution in [0.1, 0.15) is 23.1 Å². The molecule has 10 heteroatoms. The topological polar surface area (TPSA) is 140 Å². The zero-order valence-corrected chi connectivity index (χ0v) is 19.6. The van der Waals surface area contributed by atoms with Crippen LogP contribution in [0.3, 0.4) is 0 Å². The number of fused-ring (bicyclic) bond motifs is 1. The van der Waals surface area contributed by atoms with Crippen LogP contribution in [0.25, 0.3) is 28.2 Å². The molecule has 9 nitrogen and oxygen atoms in total. The number of amides is 1. The SMILES string of the molecule is O=C(C=Cc1c[nH]cn1)NC(Cc1ccccc1)c1nc(-c2ccc3[nH]c(=O)cc(O)c3c2)c(Cl)[nH]1. The summed E-state index contributed by atoms with van der Waals surface area (Å²) < 4.78 is 0. The number of carbonyl (C=O) groups excluding carboxylic acids is 1. The fraction of sp³-hybridized carbons (Fsp3) is 0.0769. The van der Waals surface area contributed by atoms with Crippen LogP contribution in [-0.4, -0.2) is 35.9 Å². The van der Waals surface area contributed by atoms with E-state index in [2.05, 4.69) is 25.3 Å². The summed E-state index contributed by atoms with van der Waals surface area (Å²) in [6, 6.07) is 15.5. The summed E-state index contributed by atoms with van der Waals surface area (Å²) in [5.41, 5.74) is 2.84.